The molecule has 34 heavy (non-hydrogen) atoms. The predicted octanol–water partition coefficient (Wildman–Crippen LogP) is 3.73. The van der Waals surface area contributed by atoms with Crippen LogP contribution in [-0.4, -0.2) is 57.4 Å². The van der Waals surface area contributed by atoms with Crippen molar-refractivity contribution in [1.82, 2.24) is 24.7 Å². The minimum absolute atomic E-state index is 0.0414. The van der Waals surface area contributed by atoms with E-state index < -0.39 is 12.0 Å². The van der Waals surface area contributed by atoms with E-state index in [4.69, 9.17) is 4.74 Å². The lowest BCUT2D eigenvalue weighted by molar-refractivity contribution is -0.146. The molecule has 0 unspecified atom stereocenters. The van der Waals surface area contributed by atoms with E-state index in [9.17, 15) is 18.0 Å². The molecule has 0 bridgehead atoms. The molecular formula is C23H25F3N6O2. The van der Waals surface area contributed by atoms with Crippen LogP contribution in [0.1, 0.15) is 43.1 Å². The Morgan fingerprint density at radius 1 is 1.00 bits per heavy atom. The Hall–Kier alpha value is -3.37. The van der Waals surface area contributed by atoms with Gasteiger partial charge in [-0.25, -0.2) is 0 Å². The van der Waals surface area contributed by atoms with Crippen LogP contribution in [0.2, 0.25) is 0 Å². The quantitative estimate of drug-likeness (QED) is 0.574. The SMILES string of the molecule is COc1ccc([C@@H]2CCCN2C(=O)C2CCN(c3ccc4nnc(C(F)(F)F)n4n3)CC2)cc1. The van der Waals surface area contributed by atoms with E-state index in [1.807, 2.05) is 34.1 Å². The van der Waals surface area contributed by atoms with E-state index in [0.29, 0.717) is 31.7 Å². The first-order valence-corrected chi connectivity index (χ1v) is 11.3. The van der Waals surface area contributed by atoms with Crippen molar-refractivity contribution in [2.24, 2.45) is 5.92 Å². The molecule has 2 aliphatic heterocycles. The third-order valence-corrected chi connectivity index (χ3v) is 6.71. The van der Waals surface area contributed by atoms with Gasteiger partial charge in [0.1, 0.15) is 11.6 Å². The Labute approximate surface area is 194 Å². The van der Waals surface area contributed by atoms with E-state index in [1.165, 1.54) is 6.07 Å². The number of carbonyl (C=O) groups is 1. The van der Waals surface area contributed by atoms with Crippen molar-refractivity contribution in [2.75, 3.05) is 31.6 Å². The molecule has 5 rings (SSSR count). The maximum atomic E-state index is 13.4. The molecule has 2 fully saturated rings. The standard InChI is InChI=1S/C23H25F3N6O2/c1-34-17-6-4-15(5-7-17)18-3-2-12-31(18)21(33)16-10-13-30(14-11-16)20-9-8-19-27-28-22(23(24,25)26)32(19)29-20/h4-9,16,18H,2-3,10-14H2,1H3/t18-/m0/s1. The highest BCUT2D eigenvalue weighted by molar-refractivity contribution is 5.80. The number of piperidine rings is 1. The monoisotopic (exact) mass is 474 g/mol. The number of halogens is 3. The average molecular weight is 474 g/mol. The van der Waals surface area contributed by atoms with Crippen LogP contribution in [-0.2, 0) is 11.0 Å². The van der Waals surface area contributed by atoms with Gasteiger partial charge in [-0.2, -0.15) is 17.7 Å². The molecule has 180 valence electrons. The van der Waals surface area contributed by atoms with Crippen molar-refractivity contribution < 1.29 is 22.7 Å². The molecule has 2 aromatic heterocycles. The van der Waals surface area contributed by atoms with Gasteiger partial charge in [-0.1, -0.05) is 12.1 Å². The van der Waals surface area contributed by atoms with Crippen LogP contribution in [0.3, 0.4) is 0 Å². The zero-order valence-electron chi connectivity index (χ0n) is 18.7. The number of anilines is 1. The first-order chi connectivity index (χ1) is 16.3. The molecule has 0 aliphatic carbocycles. The minimum Gasteiger partial charge on any atom is -0.497 e. The average Bonchev–Trinajstić information content (AvgIpc) is 3.51. The maximum absolute atomic E-state index is 13.4. The number of nitrogens with zero attached hydrogens (tertiary/aromatic N) is 6. The number of fused-ring (bicyclic) bond motifs is 1. The number of likely N-dealkylation sites (tertiary alicyclic amines) is 1. The van der Waals surface area contributed by atoms with E-state index in [1.54, 1.807) is 13.2 Å². The fraction of sp³-hybridized carbons (Fsp3) is 0.478. The lowest BCUT2D eigenvalue weighted by atomic mass is 9.94. The molecule has 2 saturated heterocycles. The molecule has 1 aromatic carbocycles. The molecule has 8 nitrogen and oxygen atoms in total. The van der Waals surface area contributed by atoms with Crippen molar-refractivity contribution in [1.29, 1.82) is 0 Å². The zero-order valence-corrected chi connectivity index (χ0v) is 18.7. The second-order valence-corrected chi connectivity index (χ2v) is 8.71. The van der Waals surface area contributed by atoms with Crippen LogP contribution in [0.4, 0.5) is 19.0 Å². The van der Waals surface area contributed by atoms with Crippen molar-refractivity contribution >= 4 is 17.4 Å². The van der Waals surface area contributed by atoms with Gasteiger partial charge in [-0.15, -0.1) is 15.3 Å². The van der Waals surface area contributed by atoms with E-state index >= 15 is 0 Å². The number of rotatable bonds is 4. The number of carbonyl (C=O) groups excluding carboxylic acids is 1. The van der Waals surface area contributed by atoms with Crippen molar-refractivity contribution in [3.05, 3.63) is 47.8 Å². The molecule has 0 spiro atoms. The minimum atomic E-state index is -4.64. The maximum Gasteiger partial charge on any atom is 0.453 e. The van der Waals surface area contributed by atoms with Gasteiger partial charge in [0.2, 0.25) is 5.91 Å². The Morgan fingerprint density at radius 3 is 2.41 bits per heavy atom. The number of hydrogen-bond donors (Lipinski definition) is 0. The Balaban J connectivity index is 1.26. The highest BCUT2D eigenvalue weighted by atomic mass is 19.4. The second kappa shape index (κ2) is 8.77. The van der Waals surface area contributed by atoms with Crippen LogP contribution in [0, 0.1) is 5.92 Å². The third kappa shape index (κ3) is 4.14. The highest BCUT2D eigenvalue weighted by Crippen LogP contribution is 2.36. The lowest BCUT2D eigenvalue weighted by Gasteiger charge is -2.35. The Bertz CT molecular complexity index is 1170. The van der Waals surface area contributed by atoms with E-state index in [-0.39, 0.29) is 23.5 Å². The third-order valence-electron chi connectivity index (χ3n) is 6.71. The van der Waals surface area contributed by atoms with Crippen LogP contribution in [0.15, 0.2) is 36.4 Å². The zero-order chi connectivity index (χ0) is 23.9. The van der Waals surface area contributed by atoms with Gasteiger partial charge < -0.3 is 14.5 Å². The Kier molecular flexibility index (Phi) is 5.78. The van der Waals surface area contributed by atoms with Gasteiger partial charge >= 0.3 is 6.18 Å². The summed E-state index contributed by atoms with van der Waals surface area (Å²) < 4.78 is 45.5. The topological polar surface area (TPSA) is 75.9 Å². The number of ether oxygens (including phenoxy) is 1. The van der Waals surface area contributed by atoms with E-state index in [0.717, 1.165) is 35.2 Å². The van der Waals surface area contributed by atoms with Gasteiger partial charge in [0.15, 0.2) is 5.65 Å². The highest BCUT2D eigenvalue weighted by Gasteiger charge is 2.38. The molecule has 3 aromatic rings. The van der Waals surface area contributed by atoms with Gasteiger partial charge in [0, 0.05) is 25.6 Å². The fourth-order valence-corrected chi connectivity index (χ4v) is 4.92. The smallest absolute Gasteiger partial charge is 0.453 e. The molecule has 1 atom stereocenters. The van der Waals surface area contributed by atoms with Gasteiger partial charge in [0.05, 0.1) is 13.2 Å². The molecule has 0 saturated carbocycles. The molecule has 2 aliphatic rings. The summed E-state index contributed by atoms with van der Waals surface area (Å²) >= 11 is 0. The predicted molar refractivity (Wildman–Crippen MR) is 117 cm³/mol. The molecule has 0 radical (unpaired) electrons. The number of benzene rings is 1. The summed E-state index contributed by atoms with van der Waals surface area (Å²) in [6.45, 7) is 1.82. The summed E-state index contributed by atoms with van der Waals surface area (Å²) in [6, 6.07) is 11.0. The molecule has 11 heteroatoms. The summed E-state index contributed by atoms with van der Waals surface area (Å²) in [5, 5.41) is 10.9. The fourth-order valence-electron chi connectivity index (χ4n) is 4.92. The van der Waals surface area contributed by atoms with Gasteiger partial charge in [-0.05, 0) is 55.5 Å². The number of alkyl halides is 3. The van der Waals surface area contributed by atoms with Crippen molar-refractivity contribution in [2.45, 2.75) is 37.9 Å². The number of hydrogen-bond acceptors (Lipinski definition) is 6. The largest absolute Gasteiger partial charge is 0.497 e. The van der Waals surface area contributed by atoms with Crippen molar-refractivity contribution in [3.63, 3.8) is 0 Å². The summed E-state index contributed by atoms with van der Waals surface area (Å²) in [4.78, 5) is 17.3. The number of aromatic nitrogens is 4. The van der Waals surface area contributed by atoms with Crippen LogP contribution in [0.25, 0.3) is 5.65 Å². The summed E-state index contributed by atoms with van der Waals surface area (Å²) in [5.74, 6) is 0.0978. The van der Waals surface area contributed by atoms with Crippen LogP contribution >= 0.6 is 0 Å². The number of amides is 1. The van der Waals surface area contributed by atoms with Crippen molar-refractivity contribution in [3.8, 4) is 5.75 Å². The van der Waals surface area contributed by atoms with E-state index in [2.05, 4.69) is 15.3 Å². The Morgan fingerprint density at radius 2 is 1.74 bits per heavy atom. The first kappa shape index (κ1) is 22.4. The van der Waals surface area contributed by atoms with Gasteiger partial charge in [-0.3, -0.25) is 4.79 Å². The summed E-state index contributed by atoms with van der Waals surface area (Å²) in [6.07, 6.45) is -1.50. The van der Waals surface area contributed by atoms with Gasteiger partial charge in [0.25, 0.3) is 5.82 Å². The molecule has 1 amide bonds. The summed E-state index contributed by atoms with van der Waals surface area (Å²) in [7, 11) is 1.63. The molecule has 0 N–H and O–H groups in total. The summed E-state index contributed by atoms with van der Waals surface area (Å²) in [5.41, 5.74) is 1.15. The molecular weight excluding hydrogens is 449 g/mol. The normalized spacial score (nSPS) is 19.7. The van der Waals surface area contributed by atoms with Crippen LogP contribution in [0.5, 0.6) is 5.75 Å². The number of methoxy groups -OCH3 is 1. The second-order valence-electron chi connectivity index (χ2n) is 8.71. The lowest BCUT2D eigenvalue weighted by Crippen LogP contribution is -2.42. The molecule has 4 heterocycles. The van der Waals surface area contributed by atoms with Crippen LogP contribution < -0.4 is 9.64 Å². The first-order valence-electron chi connectivity index (χ1n) is 11.3.